The van der Waals surface area contributed by atoms with Crippen LogP contribution < -0.4 is 0 Å². The number of piperidine rings is 1. The Balaban J connectivity index is 2.54. The van der Waals surface area contributed by atoms with Crippen LogP contribution in [0.4, 0.5) is 0 Å². The molecule has 1 fully saturated rings. The van der Waals surface area contributed by atoms with Gasteiger partial charge in [-0.05, 0) is 31.3 Å². The predicted molar refractivity (Wildman–Crippen MR) is 54.2 cm³/mol. The first-order chi connectivity index (χ1) is 6.10. The summed E-state index contributed by atoms with van der Waals surface area (Å²) in [4.78, 5) is 2.42. The molecule has 13 heavy (non-hydrogen) atoms. The van der Waals surface area contributed by atoms with Gasteiger partial charge in [0.25, 0.3) is 0 Å². The lowest BCUT2D eigenvalue weighted by atomic mass is 9.74. The molecular formula is C11H20N2. The predicted octanol–water partition coefficient (Wildman–Crippen LogP) is 2.27. The number of nitriles is 1. The molecule has 0 aliphatic carbocycles. The fourth-order valence-corrected chi connectivity index (χ4v) is 1.95. The molecule has 0 bridgehead atoms. The van der Waals surface area contributed by atoms with Gasteiger partial charge in [0.2, 0.25) is 0 Å². The smallest absolute Gasteiger partial charge is 0.0674 e. The van der Waals surface area contributed by atoms with E-state index >= 15 is 0 Å². The molecule has 0 aromatic carbocycles. The van der Waals surface area contributed by atoms with Gasteiger partial charge in [-0.15, -0.1) is 0 Å². The Hall–Kier alpha value is -0.550. The molecule has 1 atom stereocenters. The van der Waals surface area contributed by atoms with Crippen LogP contribution in [0.2, 0.25) is 0 Å². The van der Waals surface area contributed by atoms with Gasteiger partial charge in [0, 0.05) is 6.54 Å². The SMILES string of the molecule is CCCN1CCC(C)(C)C(C#N)C1. The topological polar surface area (TPSA) is 27.0 Å². The Kier molecular flexibility index (Phi) is 3.33. The molecule has 0 saturated carbocycles. The summed E-state index contributed by atoms with van der Waals surface area (Å²) in [5, 5.41) is 9.04. The van der Waals surface area contributed by atoms with E-state index in [9.17, 15) is 0 Å². The van der Waals surface area contributed by atoms with Gasteiger partial charge >= 0.3 is 0 Å². The highest BCUT2D eigenvalue weighted by molar-refractivity contribution is 4.98. The monoisotopic (exact) mass is 180 g/mol. The molecule has 0 radical (unpaired) electrons. The number of hydrogen-bond acceptors (Lipinski definition) is 2. The first-order valence-electron chi connectivity index (χ1n) is 5.22. The van der Waals surface area contributed by atoms with Crippen molar-refractivity contribution in [2.75, 3.05) is 19.6 Å². The second-order valence-electron chi connectivity index (χ2n) is 4.72. The fraction of sp³-hybridized carbons (Fsp3) is 0.909. The van der Waals surface area contributed by atoms with Crippen molar-refractivity contribution < 1.29 is 0 Å². The highest BCUT2D eigenvalue weighted by atomic mass is 15.1. The van der Waals surface area contributed by atoms with Crippen LogP contribution in [0.15, 0.2) is 0 Å². The molecule has 0 aromatic rings. The maximum atomic E-state index is 9.04. The van der Waals surface area contributed by atoms with Crippen LogP contribution in [-0.4, -0.2) is 24.5 Å². The van der Waals surface area contributed by atoms with Crippen LogP contribution >= 0.6 is 0 Å². The molecule has 1 aliphatic heterocycles. The lowest BCUT2D eigenvalue weighted by molar-refractivity contribution is 0.0913. The number of rotatable bonds is 2. The second-order valence-corrected chi connectivity index (χ2v) is 4.72. The maximum Gasteiger partial charge on any atom is 0.0674 e. The van der Waals surface area contributed by atoms with Crippen molar-refractivity contribution in [1.29, 1.82) is 5.26 Å². The van der Waals surface area contributed by atoms with E-state index in [-0.39, 0.29) is 11.3 Å². The van der Waals surface area contributed by atoms with Gasteiger partial charge in [-0.1, -0.05) is 20.8 Å². The van der Waals surface area contributed by atoms with E-state index in [1.54, 1.807) is 0 Å². The van der Waals surface area contributed by atoms with Crippen LogP contribution in [0.25, 0.3) is 0 Å². The Bertz CT molecular complexity index is 203. The highest BCUT2D eigenvalue weighted by Crippen LogP contribution is 2.34. The first-order valence-corrected chi connectivity index (χ1v) is 5.22. The summed E-state index contributed by atoms with van der Waals surface area (Å²) in [5.41, 5.74) is 0.221. The van der Waals surface area contributed by atoms with E-state index in [2.05, 4.69) is 31.7 Å². The second kappa shape index (κ2) is 4.11. The summed E-state index contributed by atoms with van der Waals surface area (Å²) in [7, 11) is 0. The van der Waals surface area contributed by atoms with Crippen molar-refractivity contribution in [3.63, 3.8) is 0 Å². The minimum absolute atomic E-state index is 0.216. The van der Waals surface area contributed by atoms with Crippen LogP contribution in [0.1, 0.15) is 33.6 Å². The van der Waals surface area contributed by atoms with Crippen LogP contribution in [0.5, 0.6) is 0 Å². The molecule has 0 amide bonds. The quantitative estimate of drug-likeness (QED) is 0.652. The summed E-state index contributed by atoms with van der Waals surface area (Å²) in [6.07, 6.45) is 2.35. The molecule has 0 aromatic heterocycles. The molecule has 1 aliphatic rings. The third kappa shape index (κ3) is 2.45. The third-order valence-corrected chi connectivity index (χ3v) is 3.15. The molecule has 1 heterocycles. The molecule has 1 rings (SSSR count). The minimum atomic E-state index is 0.216. The average molecular weight is 180 g/mol. The standard InChI is InChI=1S/C11H20N2/c1-4-6-13-7-5-11(2,3)10(8-12)9-13/h10H,4-7,9H2,1-3H3. The van der Waals surface area contributed by atoms with E-state index in [0.717, 1.165) is 19.5 Å². The third-order valence-electron chi connectivity index (χ3n) is 3.15. The van der Waals surface area contributed by atoms with Crippen molar-refractivity contribution in [3.05, 3.63) is 0 Å². The molecule has 0 N–H and O–H groups in total. The lowest BCUT2D eigenvalue weighted by Gasteiger charge is -2.40. The van der Waals surface area contributed by atoms with E-state index in [0.29, 0.717) is 0 Å². The van der Waals surface area contributed by atoms with E-state index in [4.69, 9.17) is 5.26 Å². The van der Waals surface area contributed by atoms with Crippen molar-refractivity contribution in [3.8, 4) is 6.07 Å². The minimum Gasteiger partial charge on any atom is -0.302 e. The molecule has 0 spiro atoms. The van der Waals surface area contributed by atoms with Crippen LogP contribution in [0, 0.1) is 22.7 Å². The summed E-state index contributed by atoms with van der Waals surface area (Å²) in [5.74, 6) is 0.216. The van der Waals surface area contributed by atoms with Gasteiger partial charge in [0.05, 0.1) is 12.0 Å². The fourth-order valence-electron chi connectivity index (χ4n) is 1.95. The Morgan fingerprint density at radius 1 is 1.54 bits per heavy atom. The highest BCUT2D eigenvalue weighted by Gasteiger charge is 2.34. The number of likely N-dealkylation sites (tertiary alicyclic amines) is 1. The molecular weight excluding hydrogens is 160 g/mol. The van der Waals surface area contributed by atoms with Crippen molar-refractivity contribution in [2.45, 2.75) is 33.6 Å². The summed E-state index contributed by atoms with van der Waals surface area (Å²) in [6.45, 7) is 9.90. The van der Waals surface area contributed by atoms with Gasteiger partial charge < -0.3 is 4.90 Å². The van der Waals surface area contributed by atoms with Crippen molar-refractivity contribution in [2.24, 2.45) is 11.3 Å². The summed E-state index contributed by atoms with van der Waals surface area (Å²) in [6, 6.07) is 2.44. The van der Waals surface area contributed by atoms with Crippen LogP contribution in [-0.2, 0) is 0 Å². The number of nitrogens with zero attached hydrogens (tertiary/aromatic N) is 2. The maximum absolute atomic E-state index is 9.04. The summed E-state index contributed by atoms with van der Waals surface area (Å²) < 4.78 is 0. The first kappa shape index (κ1) is 10.5. The zero-order chi connectivity index (χ0) is 9.90. The largest absolute Gasteiger partial charge is 0.302 e. The zero-order valence-electron chi connectivity index (χ0n) is 9.01. The Labute approximate surface area is 81.5 Å². The van der Waals surface area contributed by atoms with Gasteiger partial charge in [-0.2, -0.15) is 5.26 Å². The normalized spacial score (nSPS) is 28.3. The Morgan fingerprint density at radius 2 is 2.23 bits per heavy atom. The van der Waals surface area contributed by atoms with Crippen molar-refractivity contribution in [1.82, 2.24) is 4.90 Å². The van der Waals surface area contributed by atoms with Gasteiger partial charge in [0.15, 0.2) is 0 Å². The van der Waals surface area contributed by atoms with Gasteiger partial charge in [0.1, 0.15) is 0 Å². The molecule has 2 nitrogen and oxygen atoms in total. The average Bonchev–Trinajstić information content (AvgIpc) is 2.08. The summed E-state index contributed by atoms with van der Waals surface area (Å²) >= 11 is 0. The van der Waals surface area contributed by atoms with Gasteiger partial charge in [-0.25, -0.2) is 0 Å². The Morgan fingerprint density at radius 3 is 2.77 bits per heavy atom. The number of hydrogen-bond donors (Lipinski definition) is 0. The van der Waals surface area contributed by atoms with E-state index in [1.165, 1.54) is 13.0 Å². The molecule has 2 heteroatoms. The van der Waals surface area contributed by atoms with Crippen molar-refractivity contribution >= 4 is 0 Å². The van der Waals surface area contributed by atoms with Crippen LogP contribution in [0.3, 0.4) is 0 Å². The molecule has 1 unspecified atom stereocenters. The molecule has 1 saturated heterocycles. The zero-order valence-corrected chi connectivity index (χ0v) is 9.01. The van der Waals surface area contributed by atoms with E-state index in [1.807, 2.05) is 0 Å². The molecule has 74 valence electrons. The van der Waals surface area contributed by atoms with E-state index < -0.39 is 0 Å². The van der Waals surface area contributed by atoms with Gasteiger partial charge in [-0.3, -0.25) is 0 Å². The lowest BCUT2D eigenvalue weighted by Crippen LogP contribution is -2.44.